The molecule has 0 aliphatic rings. The predicted octanol–water partition coefficient (Wildman–Crippen LogP) is 0.914. The summed E-state index contributed by atoms with van der Waals surface area (Å²) < 4.78 is 24.8. The van der Waals surface area contributed by atoms with Crippen LogP contribution in [-0.4, -0.2) is 5.11 Å². The molecule has 1 atom stereocenters. The Kier molecular flexibility index (Phi) is 2.16. The average Bonchev–Trinajstić information content (AvgIpc) is 1.85. The molecule has 0 aromatic heterocycles. The van der Waals surface area contributed by atoms with E-state index in [1.807, 2.05) is 0 Å². The molecule has 0 unspecified atom stereocenters. The maximum absolute atomic E-state index is 12.4. The SMILES string of the molecule is N[C@@H](O)c1cc(F)cc(F)c1. The van der Waals surface area contributed by atoms with Gasteiger partial charge in [0.15, 0.2) is 0 Å². The fraction of sp³-hybridized carbons (Fsp3) is 0.143. The normalized spacial score (nSPS) is 13.1. The number of benzene rings is 1. The highest BCUT2D eigenvalue weighted by molar-refractivity contribution is 5.19. The number of hydrogen-bond donors (Lipinski definition) is 2. The van der Waals surface area contributed by atoms with Crippen molar-refractivity contribution >= 4 is 0 Å². The fourth-order valence-electron chi connectivity index (χ4n) is 0.746. The summed E-state index contributed by atoms with van der Waals surface area (Å²) >= 11 is 0. The van der Waals surface area contributed by atoms with Crippen molar-refractivity contribution in [1.29, 1.82) is 0 Å². The van der Waals surface area contributed by atoms with Gasteiger partial charge in [-0.2, -0.15) is 0 Å². The smallest absolute Gasteiger partial charge is 0.128 e. The number of hydrogen-bond acceptors (Lipinski definition) is 2. The van der Waals surface area contributed by atoms with Crippen molar-refractivity contribution in [2.24, 2.45) is 5.73 Å². The minimum absolute atomic E-state index is 0.0301. The van der Waals surface area contributed by atoms with Crippen LogP contribution in [0.2, 0.25) is 0 Å². The van der Waals surface area contributed by atoms with Crippen molar-refractivity contribution in [2.45, 2.75) is 6.23 Å². The molecule has 1 aromatic carbocycles. The van der Waals surface area contributed by atoms with Crippen LogP contribution in [0.5, 0.6) is 0 Å². The zero-order chi connectivity index (χ0) is 8.43. The Labute approximate surface area is 62.3 Å². The predicted molar refractivity (Wildman–Crippen MR) is 35.5 cm³/mol. The van der Waals surface area contributed by atoms with Crippen LogP contribution >= 0.6 is 0 Å². The van der Waals surface area contributed by atoms with E-state index in [1.54, 1.807) is 0 Å². The van der Waals surface area contributed by atoms with Crippen molar-refractivity contribution in [1.82, 2.24) is 0 Å². The van der Waals surface area contributed by atoms with Gasteiger partial charge in [0.1, 0.15) is 17.9 Å². The molecule has 0 aliphatic heterocycles. The summed E-state index contributed by atoms with van der Waals surface area (Å²) in [5, 5.41) is 8.72. The Hall–Kier alpha value is -1.00. The molecule has 1 rings (SSSR count). The number of aliphatic hydroxyl groups is 1. The van der Waals surface area contributed by atoms with E-state index in [-0.39, 0.29) is 5.56 Å². The third-order valence-corrected chi connectivity index (χ3v) is 1.23. The van der Waals surface area contributed by atoms with Crippen LogP contribution in [-0.2, 0) is 0 Å². The highest BCUT2D eigenvalue weighted by atomic mass is 19.1. The van der Waals surface area contributed by atoms with Gasteiger partial charge in [0.05, 0.1) is 0 Å². The summed E-state index contributed by atoms with van der Waals surface area (Å²) in [4.78, 5) is 0. The van der Waals surface area contributed by atoms with Crippen LogP contribution in [0, 0.1) is 11.6 Å². The molecule has 0 spiro atoms. The quantitative estimate of drug-likeness (QED) is 0.598. The summed E-state index contributed by atoms with van der Waals surface area (Å²) in [7, 11) is 0. The van der Waals surface area contributed by atoms with Crippen LogP contribution in [0.4, 0.5) is 8.78 Å². The standard InChI is InChI=1S/C7H7F2NO/c8-5-1-4(7(10)11)2-6(9)3-5/h1-3,7,11H,10H2/t7-/m0/s1. The second-order valence-electron chi connectivity index (χ2n) is 2.15. The van der Waals surface area contributed by atoms with E-state index >= 15 is 0 Å². The second kappa shape index (κ2) is 2.94. The van der Waals surface area contributed by atoms with Crippen molar-refractivity contribution in [3.63, 3.8) is 0 Å². The molecule has 0 fully saturated rings. The van der Waals surface area contributed by atoms with Crippen molar-refractivity contribution in [3.8, 4) is 0 Å². The number of halogens is 2. The van der Waals surface area contributed by atoms with E-state index in [4.69, 9.17) is 10.8 Å². The summed E-state index contributed by atoms with van der Waals surface area (Å²) in [6.07, 6.45) is -1.33. The molecule has 4 heteroatoms. The van der Waals surface area contributed by atoms with Crippen molar-refractivity contribution in [2.75, 3.05) is 0 Å². The summed E-state index contributed by atoms with van der Waals surface area (Å²) in [5.41, 5.74) is 5.00. The Bertz CT molecular complexity index is 242. The molecule has 0 aliphatic carbocycles. The number of aliphatic hydroxyl groups excluding tert-OH is 1. The summed E-state index contributed by atoms with van der Waals surface area (Å²) in [5.74, 6) is -1.49. The molecule has 11 heavy (non-hydrogen) atoms. The van der Waals surface area contributed by atoms with E-state index in [1.165, 1.54) is 0 Å². The summed E-state index contributed by atoms with van der Waals surface area (Å²) in [6, 6.07) is 2.67. The van der Waals surface area contributed by atoms with E-state index < -0.39 is 17.9 Å². The Morgan fingerprint density at radius 3 is 2.00 bits per heavy atom. The van der Waals surface area contributed by atoms with Gasteiger partial charge < -0.3 is 10.8 Å². The molecule has 0 saturated carbocycles. The Morgan fingerprint density at radius 2 is 1.64 bits per heavy atom. The lowest BCUT2D eigenvalue weighted by atomic mass is 10.2. The second-order valence-corrected chi connectivity index (χ2v) is 2.15. The van der Waals surface area contributed by atoms with E-state index in [9.17, 15) is 8.78 Å². The first-order chi connectivity index (χ1) is 5.09. The zero-order valence-corrected chi connectivity index (χ0v) is 5.59. The van der Waals surface area contributed by atoms with E-state index in [0.717, 1.165) is 12.1 Å². The number of nitrogens with two attached hydrogens (primary N) is 1. The molecular formula is C7H7F2NO. The lowest BCUT2D eigenvalue weighted by Gasteiger charge is -2.03. The van der Waals surface area contributed by atoms with Gasteiger partial charge in [-0.05, 0) is 12.1 Å². The molecule has 0 bridgehead atoms. The van der Waals surface area contributed by atoms with Crippen LogP contribution in [0.15, 0.2) is 18.2 Å². The summed E-state index contributed by atoms with van der Waals surface area (Å²) in [6.45, 7) is 0. The van der Waals surface area contributed by atoms with E-state index in [0.29, 0.717) is 6.07 Å². The Balaban J connectivity index is 3.08. The first-order valence-electron chi connectivity index (χ1n) is 2.99. The third-order valence-electron chi connectivity index (χ3n) is 1.23. The molecule has 0 radical (unpaired) electrons. The van der Waals surface area contributed by atoms with Crippen LogP contribution in [0.1, 0.15) is 11.8 Å². The average molecular weight is 159 g/mol. The van der Waals surface area contributed by atoms with Crippen LogP contribution in [0.3, 0.4) is 0 Å². The van der Waals surface area contributed by atoms with Gasteiger partial charge in [0.2, 0.25) is 0 Å². The first kappa shape index (κ1) is 8.10. The van der Waals surface area contributed by atoms with Crippen LogP contribution < -0.4 is 5.73 Å². The molecule has 1 aromatic rings. The monoisotopic (exact) mass is 159 g/mol. The Morgan fingerprint density at radius 1 is 1.18 bits per heavy atom. The van der Waals surface area contributed by atoms with Crippen LogP contribution in [0.25, 0.3) is 0 Å². The molecule has 60 valence electrons. The van der Waals surface area contributed by atoms with Gasteiger partial charge in [0, 0.05) is 11.6 Å². The topological polar surface area (TPSA) is 46.2 Å². The van der Waals surface area contributed by atoms with Crippen molar-refractivity contribution in [3.05, 3.63) is 35.4 Å². The lowest BCUT2D eigenvalue weighted by molar-refractivity contribution is 0.185. The fourth-order valence-corrected chi connectivity index (χ4v) is 0.746. The molecule has 0 amide bonds. The van der Waals surface area contributed by atoms with Gasteiger partial charge in [-0.3, -0.25) is 0 Å². The number of rotatable bonds is 1. The minimum Gasteiger partial charge on any atom is -0.375 e. The van der Waals surface area contributed by atoms with Gasteiger partial charge in [-0.25, -0.2) is 8.78 Å². The van der Waals surface area contributed by atoms with Crippen molar-refractivity contribution < 1.29 is 13.9 Å². The first-order valence-corrected chi connectivity index (χ1v) is 2.99. The van der Waals surface area contributed by atoms with Gasteiger partial charge in [-0.1, -0.05) is 0 Å². The highest BCUT2D eigenvalue weighted by Crippen LogP contribution is 2.11. The lowest BCUT2D eigenvalue weighted by Crippen LogP contribution is -2.08. The zero-order valence-electron chi connectivity index (χ0n) is 5.59. The highest BCUT2D eigenvalue weighted by Gasteiger charge is 2.04. The largest absolute Gasteiger partial charge is 0.375 e. The maximum atomic E-state index is 12.4. The van der Waals surface area contributed by atoms with Gasteiger partial charge in [-0.15, -0.1) is 0 Å². The van der Waals surface area contributed by atoms with Gasteiger partial charge in [0.25, 0.3) is 0 Å². The molecular weight excluding hydrogens is 152 g/mol. The molecule has 0 heterocycles. The third kappa shape index (κ3) is 1.96. The maximum Gasteiger partial charge on any atom is 0.128 e. The van der Waals surface area contributed by atoms with Gasteiger partial charge >= 0.3 is 0 Å². The van der Waals surface area contributed by atoms with E-state index in [2.05, 4.69) is 0 Å². The molecule has 2 nitrogen and oxygen atoms in total. The molecule has 0 saturated heterocycles. The molecule has 3 N–H and O–H groups in total. The minimum atomic E-state index is -1.33.